The second-order valence-corrected chi connectivity index (χ2v) is 6.32. The quantitative estimate of drug-likeness (QED) is 0.735. The minimum atomic E-state index is -1.05. The summed E-state index contributed by atoms with van der Waals surface area (Å²) >= 11 is 0. The fraction of sp³-hybridized carbons (Fsp3) is 0.133. The lowest BCUT2D eigenvalue weighted by molar-refractivity contribution is 0.541. The summed E-state index contributed by atoms with van der Waals surface area (Å²) in [7, 11) is -1.01. The van der Waals surface area contributed by atoms with Gasteiger partial charge in [0, 0.05) is 50.7 Å². The third-order valence-electron chi connectivity index (χ3n) is 3.49. The van der Waals surface area contributed by atoms with Crippen molar-refractivity contribution < 1.29 is 4.21 Å². The molecule has 0 radical (unpaired) electrons. The molecule has 1 aliphatic rings. The van der Waals surface area contributed by atoms with E-state index in [1.165, 1.54) is 0 Å². The molecule has 108 valence electrons. The van der Waals surface area contributed by atoms with Crippen molar-refractivity contribution in [3.05, 3.63) is 53.6 Å². The number of nitrogens with one attached hydrogen (secondary N) is 1. The van der Waals surface area contributed by atoms with Gasteiger partial charge in [0.2, 0.25) is 5.79 Å². The van der Waals surface area contributed by atoms with Crippen molar-refractivity contribution in [2.45, 2.75) is 10.7 Å². The van der Waals surface area contributed by atoms with Gasteiger partial charge in [-0.25, -0.2) is 4.99 Å². The fourth-order valence-electron chi connectivity index (χ4n) is 2.29. The monoisotopic (exact) mass is 300 g/mol. The van der Waals surface area contributed by atoms with Gasteiger partial charge in [-0.05, 0) is 24.3 Å². The lowest BCUT2D eigenvalue weighted by Crippen LogP contribution is -2.44. The minimum absolute atomic E-state index is 0.655. The van der Waals surface area contributed by atoms with Crippen molar-refractivity contribution in [3.63, 3.8) is 0 Å². The lowest BCUT2D eigenvalue weighted by Gasteiger charge is -2.32. The third-order valence-corrected chi connectivity index (χ3v) is 4.42. The molecule has 3 rings (SSSR count). The first kappa shape index (κ1) is 13.8. The number of anilines is 2. The summed E-state index contributed by atoms with van der Waals surface area (Å²) < 4.78 is 11.4. The number of nitrogens with two attached hydrogens (primary N) is 2. The fourth-order valence-corrected chi connectivity index (χ4v) is 2.81. The van der Waals surface area contributed by atoms with E-state index in [1.54, 1.807) is 24.6 Å². The SMILES string of the molecule is CS(=O)c1ccc(C2(N)N=Cc3c(N)cccc3N2)cc1. The van der Waals surface area contributed by atoms with Gasteiger partial charge < -0.3 is 11.1 Å². The van der Waals surface area contributed by atoms with Crippen molar-refractivity contribution in [2.75, 3.05) is 17.3 Å². The van der Waals surface area contributed by atoms with E-state index in [-0.39, 0.29) is 0 Å². The van der Waals surface area contributed by atoms with Gasteiger partial charge in [-0.3, -0.25) is 9.94 Å². The highest BCUT2D eigenvalue weighted by molar-refractivity contribution is 7.84. The van der Waals surface area contributed by atoms with Crippen molar-refractivity contribution in [2.24, 2.45) is 10.7 Å². The molecular weight excluding hydrogens is 284 g/mol. The van der Waals surface area contributed by atoms with Crippen LogP contribution in [-0.4, -0.2) is 16.7 Å². The lowest BCUT2D eigenvalue weighted by atomic mass is 10.0. The van der Waals surface area contributed by atoms with Gasteiger partial charge in [0.1, 0.15) is 0 Å². The normalized spacial score (nSPS) is 21.4. The molecule has 0 saturated heterocycles. The molecule has 2 aromatic rings. The van der Waals surface area contributed by atoms with Gasteiger partial charge in [0.05, 0.1) is 0 Å². The summed E-state index contributed by atoms with van der Waals surface area (Å²) in [6, 6.07) is 12.9. The van der Waals surface area contributed by atoms with Gasteiger partial charge in [-0.15, -0.1) is 0 Å². The van der Waals surface area contributed by atoms with Crippen LogP contribution >= 0.6 is 0 Å². The first-order valence-corrected chi connectivity index (χ1v) is 8.00. The summed E-state index contributed by atoms with van der Waals surface area (Å²) in [6.07, 6.45) is 3.33. The smallest absolute Gasteiger partial charge is 0.209 e. The standard InChI is InChI=1S/C15H16N4OS/c1-21(20)11-7-5-10(6-8-11)15(17)18-9-12-13(16)3-2-4-14(12)19-15/h2-9,19H,16-17H2,1H3. The average molecular weight is 300 g/mol. The van der Waals surface area contributed by atoms with Crippen molar-refractivity contribution in [3.8, 4) is 0 Å². The number of benzene rings is 2. The molecule has 0 spiro atoms. The van der Waals surface area contributed by atoms with Crippen LogP contribution in [0.2, 0.25) is 0 Å². The Bertz CT molecular complexity index is 742. The van der Waals surface area contributed by atoms with Crippen LogP contribution in [0.4, 0.5) is 11.4 Å². The van der Waals surface area contributed by atoms with Gasteiger partial charge in [-0.1, -0.05) is 18.2 Å². The molecule has 1 aliphatic heterocycles. The van der Waals surface area contributed by atoms with Crippen LogP contribution < -0.4 is 16.8 Å². The second kappa shape index (κ2) is 4.98. The molecule has 2 unspecified atom stereocenters. The predicted octanol–water partition coefficient (Wildman–Crippen LogP) is 1.62. The summed E-state index contributed by atoms with van der Waals surface area (Å²) in [6.45, 7) is 0. The van der Waals surface area contributed by atoms with E-state index >= 15 is 0 Å². The van der Waals surface area contributed by atoms with Crippen LogP contribution in [0.5, 0.6) is 0 Å². The van der Waals surface area contributed by atoms with Crippen molar-refractivity contribution in [1.29, 1.82) is 0 Å². The topological polar surface area (TPSA) is 93.5 Å². The first-order chi connectivity index (χ1) is 9.99. The molecule has 0 amide bonds. The zero-order valence-corrected chi connectivity index (χ0v) is 12.4. The second-order valence-electron chi connectivity index (χ2n) is 4.94. The number of hydrogen-bond donors (Lipinski definition) is 3. The Morgan fingerprint density at radius 2 is 1.90 bits per heavy atom. The molecule has 2 atom stereocenters. The Kier molecular flexibility index (Phi) is 3.27. The van der Waals surface area contributed by atoms with E-state index in [2.05, 4.69) is 10.3 Å². The van der Waals surface area contributed by atoms with Crippen molar-refractivity contribution in [1.82, 2.24) is 0 Å². The van der Waals surface area contributed by atoms with E-state index in [0.717, 1.165) is 21.7 Å². The van der Waals surface area contributed by atoms with E-state index in [4.69, 9.17) is 11.5 Å². The number of nitrogens with zero attached hydrogens (tertiary/aromatic N) is 1. The highest BCUT2D eigenvalue weighted by atomic mass is 32.2. The number of nitrogen functional groups attached to an aromatic ring is 1. The molecule has 5 N–H and O–H groups in total. The number of aliphatic imine (C=N–C) groups is 1. The number of fused-ring (bicyclic) bond motifs is 1. The van der Waals surface area contributed by atoms with Crippen LogP contribution in [0.25, 0.3) is 0 Å². The van der Waals surface area contributed by atoms with Crippen LogP contribution in [0.1, 0.15) is 11.1 Å². The first-order valence-electron chi connectivity index (χ1n) is 6.44. The third kappa shape index (κ3) is 2.43. The molecule has 21 heavy (non-hydrogen) atoms. The summed E-state index contributed by atoms with van der Waals surface area (Å²) in [5.74, 6) is -1.05. The van der Waals surface area contributed by atoms with Crippen LogP contribution in [0.3, 0.4) is 0 Å². The predicted molar refractivity (Wildman–Crippen MR) is 86.7 cm³/mol. The largest absolute Gasteiger partial charge is 0.398 e. The van der Waals surface area contributed by atoms with E-state index in [0.29, 0.717) is 5.69 Å². The molecule has 0 bridgehead atoms. The molecule has 1 heterocycles. The van der Waals surface area contributed by atoms with Crippen LogP contribution in [-0.2, 0) is 16.6 Å². The molecular formula is C15H16N4OS. The van der Waals surface area contributed by atoms with Gasteiger partial charge >= 0.3 is 0 Å². The Hall–Kier alpha value is -2.18. The zero-order valence-electron chi connectivity index (χ0n) is 11.5. The molecule has 6 heteroatoms. The van der Waals surface area contributed by atoms with Crippen LogP contribution in [0, 0.1) is 0 Å². The van der Waals surface area contributed by atoms with E-state index in [1.807, 2.05) is 30.3 Å². The van der Waals surface area contributed by atoms with Gasteiger partial charge in [0.15, 0.2) is 0 Å². The Labute approximate surface area is 125 Å². The molecule has 5 nitrogen and oxygen atoms in total. The summed E-state index contributed by atoms with van der Waals surface area (Å²) in [5, 5.41) is 3.20. The molecule has 2 aromatic carbocycles. The number of hydrogen-bond acceptors (Lipinski definition) is 5. The Balaban J connectivity index is 1.98. The van der Waals surface area contributed by atoms with E-state index in [9.17, 15) is 4.21 Å². The zero-order chi connectivity index (χ0) is 15.0. The van der Waals surface area contributed by atoms with Gasteiger partial charge in [0.25, 0.3) is 0 Å². The maximum Gasteiger partial charge on any atom is 0.209 e. The van der Waals surface area contributed by atoms with E-state index < -0.39 is 16.6 Å². The maximum absolute atomic E-state index is 11.4. The Morgan fingerprint density at radius 1 is 1.19 bits per heavy atom. The highest BCUT2D eigenvalue weighted by Gasteiger charge is 2.29. The van der Waals surface area contributed by atoms with Crippen molar-refractivity contribution >= 4 is 28.4 Å². The molecule has 0 aromatic heterocycles. The highest BCUT2D eigenvalue weighted by Crippen LogP contribution is 2.31. The Morgan fingerprint density at radius 3 is 2.57 bits per heavy atom. The molecule has 0 fully saturated rings. The summed E-state index contributed by atoms with van der Waals surface area (Å²) in [4.78, 5) is 5.15. The minimum Gasteiger partial charge on any atom is -0.398 e. The molecule has 0 saturated carbocycles. The maximum atomic E-state index is 11.4. The van der Waals surface area contributed by atoms with Crippen LogP contribution in [0.15, 0.2) is 52.4 Å². The van der Waals surface area contributed by atoms with Gasteiger partial charge in [-0.2, -0.15) is 0 Å². The number of rotatable bonds is 2. The summed E-state index contributed by atoms with van der Waals surface area (Å²) in [5.41, 5.74) is 15.4. The average Bonchev–Trinajstić information content (AvgIpc) is 2.47. The molecule has 0 aliphatic carbocycles.